The Morgan fingerprint density at radius 3 is 2.75 bits per heavy atom. The second-order valence-electron chi connectivity index (χ2n) is 6.31. The lowest BCUT2D eigenvalue weighted by Crippen LogP contribution is -2.47. The third-order valence-electron chi connectivity index (χ3n) is 4.69. The lowest BCUT2D eigenvalue weighted by atomic mass is 10.1. The van der Waals surface area contributed by atoms with Crippen molar-refractivity contribution in [1.29, 1.82) is 0 Å². The minimum Gasteiger partial charge on any atom is -0.493 e. The van der Waals surface area contributed by atoms with Gasteiger partial charge in [-0.3, -0.25) is 9.59 Å². The first-order valence-corrected chi connectivity index (χ1v) is 8.61. The van der Waals surface area contributed by atoms with E-state index in [1.54, 1.807) is 28.0 Å². The van der Waals surface area contributed by atoms with Crippen LogP contribution in [0.15, 0.2) is 24.3 Å². The fraction of sp³-hybridized carbons (Fsp3) is 0.556. The molecule has 6 nitrogen and oxygen atoms in total. The van der Waals surface area contributed by atoms with Crippen LogP contribution >= 0.6 is 0 Å². The molecule has 0 radical (unpaired) electrons. The van der Waals surface area contributed by atoms with E-state index in [9.17, 15) is 14.7 Å². The third-order valence-corrected chi connectivity index (χ3v) is 4.69. The van der Waals surface area contributed by atoms with Crippen LogP contribution in [0.4, 0.5) is 0 Å². The Labute approximate surface area is 142 Å². The fourth-order valence-electron chi connectivity index (χ4n) is 3.50. The van der Waals surface area contributed by atoms with E-state index < -0.39 is 12.1 Å². The number of carbonyl (C=O) groups is 2. The molecular formula is C18H24N2O4. The molecule has 130 valence electrons. The van der Waals surface area contributed by atoms with Gasteiger partial charge in [0.15, 0.2) is 0 Å². The molecule has 1 aromatic rings. The highest BCUT2D eigenvalue weighted by Gasteiger charge is 2.39. The second kappa shape index (κ2) is 7.21. The minimum atomic E-state index is -0.446. The molecule has 2 saturated heterocycles. The number of likely N-dealkylation sites (tertiary alicyclic amines) is 2. The zero-order valence-corrected chi connectivity index (χ0v) is 14.0. The molecule has 2 atom stereocenters. The number of aliphatic hydroxyl groups is 1. The Hall–Kier alpha value is -2.08. The first-order chi connectivity index (χ1) is 11.6. The van der Waals surface area contributed by atoms with Gasteiger partial charge in [-0.2, -0.15) is 0 Å². The molecule has 0 aromatic heterocycles. The zero-order valence-electron chi connectivity index (χ0n) is 14.0. The number of carbonyl (C=O) groups excluding carboxylic acids is 2. The molecule has 24 heavy (non-hydrogen) atoms. The summed E-state index contributed by atoms with van der Waals surface area (Å²) in [6, 6.07) is 6.73. The van der Waals surface area contributed by atoms with Gasteiger partial charge in [-0.1, -0.05) is 12.1 Å². The van der Waals surface area contributed by atoms with E-state index in [1.807, 2.05) is 13.0 Å². The van der Waals surface area contributed by atoms with Gasteiger partial charge >= 0.3 is 0 Å². The highest BCUT2D eigenvalue weighted by Crippen LogP contribution is 2.27. The standard InChI is InChI=1S/C18H24N2O4/c1-2-24-16-8-4-3-6-14(16)17(22)20-10-5-7-15(20)18(23)19-11-9-13(21)12-19/h3-4,6,8,13,15,21H,2,5,7,9-12H2,1H3/t13-,15?/m1/s1. The summed E-state index contributed by atoms with van der Waals surface area (Å²) in [5, 5.41) is 9.65. The predicted molar refractivity (Wildman–Crippen MR) is 88.9 cm³/mol. The van der Waals surface area contributed by atoms with E-state index in [2.05, 4.69) is 0 Å². The highest BCUT2D eigenvalue weighted by atomic mass is 16.5. The van der Waals surface area contributed by atoms with Gasteiger partial charge in [0.1, 0.15) is 11.8 Å². The van der Waals surface area contributed by atoms with Crippen molar-refractivity contribution in [3.63, 3.8) is 0 Å². The van der Waals surface area contributed by atoms with Gasteiger partial charge in [-0.25, -0.2) is 0 Å². The average Bonchev–Trinajstić information content (AvgIpc) is 3.23. The van der Waals surface area contributed by atoms with Crippen molar-refractivity contribution < 1.29 is 19.4 Å². The van der Waals surface area contributed by atoms with Crippen molar-refractivity contribution in [3.8, 4) is 5.75 Å². The van der Waals surface area contributed by atoms with Crippen LogP contribution in [0, 0.1) is 0 Å². The Kier molecular flexibility index (Phi) is 5.04. The largest absolute Gasteiger partial charge is 0.493 e. The number of hydrogen-bond donors (Lipinski definition) is 1. The molecule has 0 saturated carbocycles. The number of β-amino-alcohol motifs (C(OH)–C–C–N with tert-alkyl or cyclic N) is 1. The first kappa shape index (κ1) is 16.8. The summed E-state index contributed by atoms with van der Waals surface area (Å²) in [5.74, 6) is 0.348. The first-order valence-electron chi connectivity index (χ1n) is 8.61. The quantitative estimate of drug-likeness (QED) is 0.902. The molecule has 2 aliphatic heterocycles. The van der Waals surface area contributed by atoms with Gasteiger partial charge < -0.3 is 19.6 Å². The van der Waals surface area contributed by atoms with Crippen LogP contribution in [0.5, 0.6) is 5.75 Å². The van der Waals surface area contributed by atoms with Gasteiger partial charge in [0.05, 0.1) is 18.3 Å². The number of hydrogen-bond acceptors (Lipinski definition) is 4. The van der Waals surface area contributed by atoms with Crippen LogP contribution in [0.25, 0.3) is 0 Å². The molecule has 2 fully saturated rings. The molecule has 2 aliphatic rings. The van der Waals surface area contributed by atoms with Crippen LogP contribution < -0.4 is 4.74 Å². The number of amides is 2. The predicted octanol–water partition coefficient (Wildman–Crippen LogP) is 1.28. The maximum atomic E-state index is 13.0. The molecule has 2 amide bonds. The van der Waals surface area contributed by atoms with Crippen molar-refractivity contribution in [2.75, 3.05) is 26.2 Å². The summed E-state index contributed by atoms with van der Waals surface area (Å²) in [6.45, 7) is 3.87. The van der Waals surface area contributed by atoms with Gasteiger partial charge in [0, 0.05) is 19.6 Å². The summed E-state index contributed by atoms with van der Waals surface area (Å²) in [4.78, 5) is 29.0. The number of para-hydroxylation sites is 1. The molecule has 6 heteroatoms. The Morgan fingerprint density at radius 2 is 2.04 bits per heavy atom. The molecular weight excluding hydrogens is 308 g/mol. The number of aliphatic hydroxyl groups excluding tert-OH is 1. The molecule has 0 spiro atoms. The second-order valence-corrected chi connectivity index (χ2v) is 6.31. The van der Waals surface area contributed by atoms with Gasteiger partial charge in [-0.05, 0) is 38.3 Å². The van der Waals surface area contributed by atoms with Crippen LogP contribution in [-0.4, -0.2) is 65.1 Å². The maximum Gasteiger partial charge on any atom is 0.258 e. The smallest absolute Gasteiger partial charge is 0.258 e. The molecule has 1 N–H and O–H groups in total. The number of ether oxygens (including phenoxy) is 1. The summed E-state index contributed by atoms with van der Waals surface area (Å²) in [7, 11) is 0. The summed E-state index contributed by atoms with van der Waals surface area (Å²) in [6.07, 6.45) is 1.65. The van der Waals surface area contributed by atoms with Gasteiger partial charge in [0.25, 0.3) is 5.91 Å². The van der Waals surface area contributed by atoms with Crippen LogP contribution in [-0.2, 0) is 4.79 Å². The van der Waals surface area contributed by atoms with E-state index in [0.717, 1.165) is 6.42 Å². The van der Waals surface area contributed by atoms with Gasteiger partial charge in [-0.15, -0.1) is 0 Å². The zero-order chi connectivity index (χ0) is 17.1. The summed E-state index contributed by atoms with van der Waals surface area (Å²) < 4.78 is 5.55. The Balaban J connectivity index is 1.78. The van der Waals surface area contributed by atoms with E-state index in [4.69, 9.17) is 4.74 Å². The lowest BCUT2D eigenvalue weighted by Gasteiger charge is -2.28. The molecule has 3 rings (SSSR count). The monoisotopic (exact) mass is 332 g/mol. The van der Waals surface area contributed by atoms with Gasteiger partial charge in [0.2, 0.25) is 5.91 Å². The van der Waals surface area contributed by atoms with Crippen molar-refractivity contribution in [1.82, 2.24) is 9.80 Å². The van der Waals surface area contributed by atoms with Crippen LogP contribution in [0.2, 0.25) is 0 Å². The molecule has 0 aliphatic carbocycles. The number of nitrogens with zero attached hydrogens (tertiary/aromatic N) is 2. The highest BCUT2D eigenvalue weighted by molar-refractivity contribution is 6.00. The van der Waals surface area contributed by atoms with Crippen molar-refractivity contribution in [2.24, 2.45) is 0 Å². The van der Waals surface area contributed by atoms with Crippen molar-refractivity contribution in [2.45, 2.75) is 38.3 Å². The van der Waals surface area contributed by atoms with Crippen molar-refractivity contribution >= 4 is 11.8 Å². The topological polar surface area (TPSA) is 70.1 Å². The average molecular weight is 332 g/mol. The molecule has 2 heterocycles. The van der Waals surface area contributed by atoms with Crippen LogP contribution in [0.1, 0.15) is 36.5 Å². The normalized spacial score (nSPS) is 23.6. The Bertz CT molecular complexity index is 619. The van der Waals surface area contributed by atoms with Crippen molar-refractivity contribution in [3.05, 3.63) is 29.8 Å². The third kappa shape index (κ3) is 3.24. The lowest BCUT2D eigenvalue weighted by molar-refractivity contribution is -0.134. The number of rotatable bonds is 4. The molecule has 1 unspecified atom stereocenters. The van der Waals surface area contributed by atoms with E-state index in [-0.39, 0.29) is 11.8 Å². The summed E-state index contributed by atoms with van der Waals surface area (Å²) in [5.41, 5.74) is 0.500. The van der Waals surface area contributed by atoms with Crippen LogP contribution in [0.3, 0.4) is 0 Å². The molecule has 0 bridgehead atoms. The van der Waals surface area contributed by atoms with E-state index >= 15 is 0 Å². The number of benzene rings is 1. The Morgan fingerprint density at radius 1 is 1.25 bits per heavy atom. The fourth-order valence-corrected chi connectivity index (χ4v) is 3.50. The maximum absolute atomic E-state index is 13.0. The summed E-state index contributed by atoms with van der Waals surface area (Å²) >= 11 is 0. The van der Waals surface area contributed by atoms with E-state index in [0.29, 0.717) is 50.4 Å². The SMILES string of the molecule is CCOc1ccccc1C(=O)N1CCCC1C(=O)N1CC[C@@H](O)C1. The minimum absolute atomic E-state index is 0.0497. The van der Waals surface area contributed by atoms with E-state index in [1.165, 1.54) is 0 Å². The molecule has 1 aromatic carbocycles.